The number of nitrogens with zero attached hydrogens (tertiary/aromatic N) is 1. The molecule has 0 unspecified atom stereocenters. The summed E-state index contributed by atoms with van der Waals surface area (Å²) in [6.45, 7) is 0. The number of hydrogen-bond acceptors (Lipinski definition) is 1. The average Bonchev–Trinajstić information content (AvgIpc) is 3.77. The van der Waals surface area contributed by atoms with Crippen LogP contribution in [0.3, 0.4) is 0 Å². The van der Waals surface area contributed by atoms with Crippen LogP contribution in [0.25, 0.3) is 104 Å². The fraction of sp³-hybridized carbons (Fsp3) is 0. The normalized spacial score (nSPS) is 12.3. The van der Waals surface area contributed by atoms with Gasteiger partial charge in [-0.15, -0.1) is 0 Å². The first-order valence-corrected chi connectivity index (χ1v) is 15.9. The van der Waals surface area contributed by atoms with E-state index < -0.39 is 0 Å². The van der Waals surface area contributed by atoms with Crippen LogP contribution in [0.4, 0.5) is 0 Å². The van der Waals surface area contributed by atoms with Crippen molar-refractivity contribution in [2.24, 2.45) is 0 Å². The Bertz CT molecular complexity index is 2890. The Morgan fingerprint density at radius 3 is 1.80 bits per heavy atom. The Labute approximate surface area is 264 Å². The van der Waals surface area contributed by atoms with Crippen LogP contribution in [0.15, 0.2) is 156 Å². The number of fused-ring (bicyclic) bond motifs is 11. The molecule has 11 rings (SSSR count). The molecule has 2 heterocycles. The van der Waals surface area contributed by atoms with E-state index in [4.69, 9.17) is 4.42 Å². The van der Waals surface area contributed by atoms with E-state index in [0.29, 0.717) is 0 Å². The van der Waals surface area contributed by atoms with Gasteiger partial charge >= 0.3 is 0 Å². The molecule has 1 aliphatic rings. The lowest BCUT2D eigenvalue weighted by atomic mass is 9.91. The van der Waals surface area contributed by atoms with Crippen molar-refractivity contribution in [1.29, 1.82) is 0 Å². The van der Waals surface area contributed by atoms with Gasteiger partial charge in [0.1, 0.15) is 5.58 Å². The quantitative estimate of drug-likeness (QED) is 0.198. The molecule has 0 N–H and O–H groups in total. The van der Waals surface area contributed by atoms with Crippen LogP contribution in [0.5, 0.6) is 0 Å². The molecule has 1 aliphatic carbocycles. The van der Waals surface area contributed by atoms with E-state index in [9.17, 15) is 0 Å². The maximum absolute atomic E-state index is 6.64. The van der Waals surface area contributed by atoms with Gasteiger partial charge in [0.15, 0.2) is 5.58 Å². The number of rotatable bonds is 2. The molecule has 8 aromatic carbocycles. The van der Waals surface area contributed by atoms with E-state index in [1.54, 1.807) is 0 Å². The highest BCUT2D eigenvalue weighted by Crippen LogP contribution is 2.50. The first-order chi connectivity index (χ1) is 22.8. The summed E-state index contributed by atoms with van der Waals surface area (Å²) >= 11 is 0. The third-order valence-corrected chi connectivity index (χ3v) is 10.2. The lowest BCUT2D eigenvalue weighted by molar-refractivity contribution is 0.671. The van der Waals surface area contributed by atoms with Crippen molar-refractivity contribution in [3.8, 4) is 39.1 Å². The van der Waals surface area contributed by atoms with Gasteiger partial charge in [-0.3, -0.25) is 0 Å². The Balaban J connectivity index is 1.23. The fourth-order valence-corrected chi connectivity index (χ4v) is 8.24. The summed E-state index contributed by atoms with van der Waals surface area (Å²) in [7, 11) is 0. The summed E-state index contributed by atoms with van der Waals surface area (Å²) in [5.74, 6) is 0. The SMILES string of the molecule is c1ccc2c(c1)-c1cccc3c(-c4ccc(-n5c6ccccc6c6ccc7c8ccccc8oc7c65)c5ccccc45)ccc-2c13. The van der Waals surface area contributed by atoms with Gasteiger partial charge in [-0.2, -0.15) is 0 Å². The summed E-state index contributed by atoms with van der Waals surface area (Å²) in [6.07, 6.45) is 0. The number of para-hydroxylation sites is 2. The summed E-state index contributed by atoms with van der Waals surface area (Å²) in [4.78, 5) is 0. The molecule has 0 saturated carbocycles. The number of furan rings is 1. The van der Waals surface area contributed by atoms with Gasteiger partial charge in [0.05, 0.1) is 16.7 Å². The minimum Gasteiger partial charge on any atom is -0.454 e. The topological polar surface area (TPSA) is 18.1 Å². The van der Waals surface area contributed by atoms with Gasteiger partial charge in [-0.1, -0.05) is 127 Å². The zero-order chi connectivity index (χ0) is 29.9. The lowest BCUT2D eigenvalue weighted by Crippen LogP contribution is -1.97. The Morgan fingerprint density at radius 1 is 0.348 bits per heavy atom. The summed E-state index contributed by atoms with van der Waals surface area (Å²) in [5.41, 5.74) is 13.1. The molecule has 0 bridgehead atoms. The highest BCUT2D eigenvalue weighted by atomic mass is 16.3. The fourth-order valence-electron chi connectivity index (χ4n) is 8.24. The van der Waals surface area contributed by atoms with Crippen molar-refractivity contribution in [1.82, 2.24) is 4.57 Å². The van der Waals surface area contributed by atoms with E-state index in [0.717, 1.165) is 33.1 Å². The maximum Gasteiger partial charge on any atom is 0.160 e. The molecule has 2 aromatic heterocycles. The van der Waals surface area contributed by atoms with Crippen LogP contribution >= 0.6 is 0 Å². The summed E-state index contributed by atoms with van der Waals surface area (Å²) in [5, 5.41) is 9.80. The third-order valence-electron chi connectivity index (χ3n) is 10.2. The molecule has 0 radical (unpaired) electrons. The molecule has 46 heavy (non-hydrogen) atoms. The second kappa shape index (κ2) is 8.74. The summed E-state index contributed by atoms with van der Waals surface area (Å²) in [6, 6.07) is 55.2. The molecule has 10 aromatic rings. The van der Waals surface area contributed by atoms with Crippen molar-refractivity contribution in [3.05, 3.63) is 152 Å². The standard InChI is InChI=1S/C44H25NO/c1-2-12-28-27(11-1)34-16-9-17-35-30(20-21-36(28)42(34)35)29-24-25-40(31-13-4-3-10-26(29)31)45-39-18-7-5-14-32(39)37-22-23-38-33-15-6-8-19-41(33)46-44(38)43(37)45/h1-25H. The molecule has 0 fully saturated rings. The minimum absolute atomic E-state index is 0.913. The molecular weight excluding hydrogens is 558 g/mol. The second-order valence-electron chi connectivity index (χ2n) is 12.4. The maximum atomic E-state index is 6.64. The highest BCUT2D eigenvalue weighted by Gasteiger charge is 2.24. The van der Waals surface area contributed by atoms with Gasteiger partial charge in [-0.25, -0.2) is 0 Å². The second-order valence-corrected chi connectivity index (χ2v) is 12.4. The predicted octanol–water partition coefficient (Wildman–Crippen LogP) is 12.3. The molecule has 2 nitrogen and oxygen atoms in total. The third kappa shape index (κ3) is 3.01. The predicted molar refractivity (Wildman–Crippen MR) is 193 cm³/mol. The first kappa shape index (κ1) is 24.2. The van der Waals surface area contributed by atoms with E-state index in [1.807, 2.05) is 6.07 Å². The number of hydrogen-bond donors (Lipinski definition) is 0. The van der Waals surface area contributed by atoms with Crippen molar-refractivity contribution in [2.45, 2.75) is 0 Å². The van der Waals surface area contributed by atoms with Crippen LogP contribution in [-0.4, -0.2) is 4.57 Å². The largest absolute Gasteiger partial charge is 0.454 e. The highest BCUT2D eigenvalue weighted by molar-refractivity contribution is 6.23. The molecule has 0 spiro atoms. The van der Waals surface area contributed by atoms with Gasteiger partial charge in [0.2, 0.25) is 0 Å². The Hall–Kier alpha value is -6.12. The van der Waals surface area contributed by atoms with Crippen LogP contribution in [0.1, 0.15) is 0 Å². The average molecular weight is 584 g/mol. The Morgan fingerprint density at radius 2 is 0.935 bits per heavy atom. The summed E-state index contributed by atoms with van der Waals surface area (Å²) < 4.78 is 9.07. The Kier molecular flexibility index (Phi) is 4.61. The van der Waals surface area contributed by atoms with E-state index in [-0.39, 0.29) is 0 Å². The van der Waals surface area contributed by atoms with Crippen molar-refractivity contribution in [3.63, 3.8) is 0 Å². The van der Waals surface area contributed by atoms with Crippen LogP contribution < -0.4 is 0 Å². The van der Waals surface area contributed by atoms with Crippen molar-refractivity contribution >= 4 is 65.3 Å². The first-order valence-electron chi connectivity index (χ1n) is 15.9. The van der Waals surface area contributed by atoms with Gasteiger partial charge in [-0.05, 0) is 73.8 Å². The molecular formula is C44H25NO. The zero-order valence-electron chi connectivity index (χ0n) is 24.8. The van der Waals surface area contributed by atoms with Crippen LogP contribution in [0.2, 0.25) is 0 Å². The van der Waals surface area contributed by atoms with E-state index in [1.165, 1.54) is 71.2 Å². The van der Waals surface area contributed by atoms with E-state index in [2.05, 4.69) is 150 Å². The number of benzene rings is 8. The van der Waals surface area contributed by atoms with Crippen LogP contribution in [-0.2, 0) is 0 Å². The zero-order valence-corrected chi connectivity index (χ0v) is 24.8. The molecule has 2 heteroatoms. The molecule has 0 saturated heterocycles. The van der Waals surface area contributed by atoms with Crippen molar-refractivity contribution in [2.75, 3.05) is 0 Å². The molecule has 0 aliphatic heterocycles. The number of aromatic nitrogens is 1. The van der Waals surface area contributed by atoms with Gasteiger partial charge in [0, 0.05) is 26.9 Å². The smallest absolute Gasteiger partial charge is 0.160 e. The van der Waals surface area contributed by atoms with E-state index >= 15 is 0 Å². The lowest BCUT2D eigenvalue weighted by Gasteiger charge is -2.16. The molecule has 212 valence electrons. The molecule has 0 amide bonds. The van der Waals surface area contributed by atoms with Gasteiger partial charge < -0.3 is 8.98 Å². The monoisotopic (exact) mass is 583 g/mol. The van der Waals surface area contributed by atoms with Crippen molar-refractivity contribution < 1.29 is 4.42 Å². The minimum atomic E-state index is 0.913. The van der Waals surface area contributed by atoms with Gasteiger partial charge in [0.25, 0.3) is 0 Å². The molecule has 0 atom stereocenters. The van der Waals surface area contributed by atoms with Crippen LogP contribution in [0, 0.1) is 0 Å².